The molecule has 4 aromatic rings. The largest absolute Gasteiger partial charge is 0.454 e. The van der Waals surface area contributed by atoms with Crippen LogP contribution in [0.15, 0.2) is 84.9 Å². The number of hydrogen-bond acceptors (Lipinski definition) is 6. The molecule has 1 aromatic heterocycles. The highest BCUT2D eigenvalue weighted by atomic mass is 16.5. The summed E-state index contributed by atoms with van der Waals surface area (Å²) in [7, 11) is 0. The van der Waals surface area contributed by atoms with E-state index >= 15 is 0 Å². The lowest BCUT2D eigenvalue weighted by atomic mass is 10.1. The Labute approximate surface area is 172 Å². The number of anilines is 1. The molecule has 30 heavy (non-hydrogen) atoms. The molecule has 0 fully saturated rings. The number of carbonyl (C=O) groups is 2. The van der Waals surface area contributed by atoms with Crippen LogP contribution >= 0.6 is 0 Å². The molecule has 0 bridgehead atoms. The van der Waals surface area contributed by atoms with Crippen LogP contribution in [-0.4, -0.2) is 32.1 Å². The molecule has 0 saturated carbocycles. The number of carbonyl (C=O) groups excluding carboxylic acids is 2. The first-order valence-electron chi connectivity index (χ1n) is 9.17. The lowest BCUT2D eigenvalue weighted by Crippen LogP contribution is -2.16. The van der Waals surface area contributed by atoms with Gasteiger partial charge >= 0.3 is 5.97 Å². The molecule has 148 valence electrons. The number of ether oxygens (including phenoxy) is 1. The Kier molecular flexibility index (Phi) is 5.56. The summed E-state index contributed by atoms with van der Waals surface area (Å²) >= 11 is 0. The van der Waals surface area contributed by atoms with Crippen LogP contribution < -0.4 is 5.32 Å². The van der Waals surface area contributed by atoms with Crippen LogP contribution in [0.3, 0.4) is 0 Å². The molecule has 3 aromatic carbocycles. The Morgan fingerprint density at radius 2 is 1.53 bits per heavy atom. The van der Waals surface area contributed by atoms with Crippen molar-refractivity contribution in [1.82, 2.24) is 20.2 Å². The average molecular weight is 399 g/mol. The standard InChI is InChI=1S/C22H17N5O3/c28-21(16-9-3-1-4-10-16)23-19-14-8-7-13-18(19)22(29)30-15-20-24-25-26-27(20)17-11-5-2-6-12-17/h1-14H,15H2,(H,23,28). The molecule has 8 nitrogen and oxygen atoms in total. The topological polar surface area (TPSA) is 99.0 Å². The van der Waals surface area contributed by atoms with Crippen molar-refractivity contribution in [1.29, 1.82) is 0 Å². The van der Waals surface area contributed by atoms with Crippen molar-refractivity contribution in [3.05, 3.63) is 102 Å². The summed E-state index contributed by atoms with van der Waals surface area (Å²) < 4.78 is 6.91. The Balaban J connectivity index is 1.48. The van der Waals surface area contributed by atoms with E-state index in [1.54, 1.807) is 48.5 Å². The number of benzene rings is 3. The van der Waals surface area contributed by atoms with E-state index in [2.05, 4.69) is 20.8 Å². The van der Waals surface area contributed by atoms with Crippen LogP contribution in [0.25, 0.3) is 5.69 Å². The van der Waals surface area contributed by atoms with E-state index in [4.69, 9.17) is 4.74 Å². The minimum absolute atomic E-state index is 0.123. The lowest BCUT2D eigenvalue weighted by molar-refractivity contribution is 0.0460. The molecule has 0 saturated heterocycles. The van der Waals surface area contributed by atoms with Gasteiger partial charge in [-0.25, -0.2) is 4.79 Å². The highest BCUT2D eigenvalue weighted by Crippen LogP contribution is 2.18. The molecule has 0 unspecified atom stereocenters. The van der Waals surface area contributed by atoms with E-state index in [-0.39, 0.29) is 18.1 Å². The van der Waals surface area contributed by atoms with E-state index in [1.807, 2.05) is 36.4 Å². The average Bonchev–Trinajstić information content (AvgIpc) is 3.28. The van der Waals surface area contributed by atoms with E-state index in [0.29, 0.717) is 17.1 Å². The zero-order valence-electron chi connectivity index (χ0n) is 15.8. The normalized spacial score (nSPS) is 10.4. The maximum atomic E-state index is 12.7. The highest BCUT2D eigenvalue weighted by Gasteiger charge is 2.17. The summed E-state index contributed by atoms with van der Waals surface area (Å²) in [6, 6.07) is 24.7. The molecule has 0 aliphatic heterocycles. The summed E-state index contributed by atoms with van der Waals surface area (Å²) in [4.78, 5) is 25.1. The lowest BCUT2D eigenvalue weighted by Gasteiger charge is -2.11. The quantitative estimate of drug-likeness (QED) is 0.500. The number of amides is 1. The summed E-state index contributed by atoms with van der Waals surface area (Å²) in [6.07, 6.45) is 0. The van der Waals surface area contributed by atoms with Crippen molar-refractivity contribution in [2.45, 2.75) is 6.61 Å². The molecule has 0 aliphatic rings. The Morgan fingerprint density at radius 3 is 2.30 bits per heavy atom. The first-order valence-corrected chi connectivity index (χ1v) is 9.17. The first kappa shape index (κ1) is 19.0. The Morgan fingerprint density at radius 1 is 0.867 bits per heavy atom. The van der Waals surface area contributed by atoms with Gasteiger partial charge in [-0.3, -0.25) is 4.79 Å². The minimum Gasteiger partial charge on any atom is -0.454 e. The molecule has 0 aliphatic carbocycles. The maximum Gasteiger partial charge on any atom is 0.340 e. The van der Waals surface area contributed by atoms with Crippen molar-refractivity contribution in [2.75, 3.05) is 5.32 Å². The van der Waals surface area contributed by atoms with E-state index in [9.17, 15) is 9.59 Å². The molecule has 0 atom stereocenters. The van der Waals surface area contributed by atoms with Gasteiger partial charge in [0.05, 0.1) is 16.9 Å². The zero-order chi connectivity index (χ0) is 20.8. The van der Waals surface area contributed by atoms with Gasteiger partial charge in [-0.05, 0) is 46.8 Å². The van der Waals surface area contributed by atoms with Gasteiger partial charge in [0, 0.05) is 5.56 Å². The summed E-state index contributed by atoms with van der Waals surface area (Å²) in [5, 5.41) is 14.3. The van der Waals surface area contributed by atoms with Crippen LogP contribution in [0.1, 0.15) is 26.5 Å². The molecule has 0 spiro atoms. The zero-order valence-corrected chi connectivity index (χ0v) is 15.8. The van der Waals surface area contributed by atoms with Crippen LogP contribution in [-0.2, 0) is 11.3 Å². The van der Waals surface area contributed by atoms with Gasteiger partial charge in [0.25, 0.3) is 5.91 Å². The molecule has 1 amide bonds. The molecule has 0 radical (unpaired) electrons. The third-order valence-electron chi connectivity index (χ3n) is 4.30. The fraction of sp³-hybridized carbons (Fsp3) is 0.0455. The van der Waals surface area contributed by atoms with E-state index in [0.717, 1.165) is 5.69 Å². The van der Waals surface area contributed by atoms with Crippen molar-refractivity contribution in [3.8, 4) is 5.69 Å². The van der Waals surface area contributed by atoms with Crippen molar-refractivity contribution in [3.63, 3.8) is 0 Å². The van der Waals surface area contributed by atoms with Gasteiger partial charge < -0.3 is 10.1 Å². The second-order valence-electron chi connectivity index (χ2n) is 6.28. The van der Waals surface area contributed by atoms with Gasteiger partial charge in [0.2, 0.25) is 0 Å². The Bertz CT molecular complexity index is 1160. The third kappa shape index (κ3) is 4.22. The van der Waals surface area contributed by atoms with Gasteiger partial charge in [0.1, 0.15) is 0 Å². The van der Waals surface area contributed by atoms with Crippen LogP contribution in [0.2, 0.25) is 0 Å². The molecular weight excluding hydrogens is 382 g/mol. The predicted octanol–water partition coefficient (Wildman–Crippen LogP) is 3.27. The third-order valence-corrected chi connectivity index (χ3v) is 4.30. The number of para-hydroxylation sites is 2. The van der Waals surface area contributed by atoms with Crippen LogP contribution in [0.4, 0.5) is 5.69 Å². The molecular formula is C22H17N5O3. The maximum absolute atomic E-state index is 12.7. The van der Waals surface area contributed by atoms with Gasteiger partial charge in [-0.1, -0.05) is 48.5 Å². The number of esters is 1. The molecule has 4 rings (SSSR count). The predicted molar refractivity (Wildman–Crippen MR) is 109 cm³/mol. The SMILES string of the molecule is O=C(Nc1ccccc1C(=O)OCc1nnnn1-c1ccccc1)c1ccccc1. The first-order chi connectivity index (χ1) is 14.7. The van der Waals surface area contributed by atoms with Crippen LogP contribution in [0.5, 0.6) is 0 Å². The highest BCUT2D eigenvalue weighted by molar-refractivity contribution is 6.07. The summed E-state index contributed by atoms with van der Waals surface area (Å²) in [6.45, 7) is -0.123. The molecule has 1 N–H and O–H groups in total. The van der Waals surface area contributed by atoms with Gasteiger partial charge in [-0.15, -0.1) is 5.10 Å². The van der Waals surface area contributed by atoms with E-state index in [1.165, 1.54) is 4.68 Å². The number of hydrogen-bond donors (Lipinski definition) is 1. The fourth-order valence-corrected chi connectivity index (χ4v) is 2.83. The van der Waals surface area contributed by atoms with Gasteiger partial charge in [-0.2, -0.15) is 4.68 Å². The second kappa shape index (κ2) is 8.78. The summed E-state index contributed by atoms with van der Waals surface area (Å²) in [5.74, 6) is -0.536. The summed E-state index contributed by atoms with van der Waals surface area (Å²) in [5.41, 5.74) is 1.84. The Hall–Kier alpha value is -4.33. The van der Waals surface area contributed by atoms with Crippen molar-refractivity contribution in [2.24, 2.45) is 0 Å². The van der Waals surface area contributed by atoms with Crippen molar-refractivity contribution >= 4 is 17.6 Å². The number of aromatic nitrogens is 4. The second-order valence-corrected chi connectivity index (χ2v) is 6.28. The minimum atomic E-state index is -0.596. The molecule has 1 heterocycles. The van der Waals surface area contributed by atoms with Gasteiger partial charge in [0.15, 0.2) is 12.4 Å². The smallest absolute Gasteiger partial charge is 0.340 e. The van der Waals surface area contributed by atoms with Crippen LogP contribution in [0, 0.1) is 0 Å². The number of nitrogens with zero attached hydrogens (tertiary/aromatic N) is 4. The number of rotatable bonds is 6. The fourth-order valence-electron chi connectivity index (χ4n) is 2.83. The van der Waals surface area contributed by atoms with Crippen molar-refractivity contribution < 1.29 is 14.3 Å². The number of nitrogens with one attached hydrogen (secondary N) is 1. The molecule has 8 heteroatoms. The number of tetrazole rings is 1. The monoisotopic (exact) mass is 399 g/mol. The van der Waals surface area contributed by atoms with E-state index < -0.39 is 5.97 Å².